The lowest BCUT2D eigenvalue weighted by Crippen LogP contribution is -2.41. The minimum absolute atomic E-state index is 0.0701. The fourth-order valence-corrected chi connectivity index (χ4v) is 5.87. The number of anilines is 2. The summed E-state index contributed by atoms with van der Waals surface area (Å²) in [6, 6.07) is 22.9. The first-order chi connectivity index (χ1) is 18.7. The first-order valence-electron chi connectivity index (χ1n) is 13.5. The van der Waals surface area contributed by atoms with E-state index in [2.05, 4.69) is 51.2 Å². The normalized spacial score (nSPS) is 16.2. The second-order valence-electron chi connectivity index (χ2n) is 10.2. The van der Waals surface area contributed by atoms with Crippen LogP contribution in [0.25, 0.3) is 10.9 Å². The molecule has 1 fully saturated rings. The number of hydrogen-bond donors (Lipinski definition) is 0. The van der Waals surface area contributed by atoms with Crippen LogP contribution in [0.2, 0.25) is 0 Å². The number of para-hydroxylation sites is 2. The van der Waals surface area contributed by atoms with Gasteiger partial charge in [-0.2, -0.15) is 0 Å². The van der Waals surface area contributed by atoms with Gasteiger partial charge in [-0.25, -0.2) is 4.98 Å². The molecule has 3 aromatic carbocycles. The largest absolute Gasteiger partial charge is 0.468 e. The molecule has 7 heteroatoms. The summed E-state index contributed by atoms with van der Waals surface area (Å²) < 4.78 is 12.7. The average molecular weight is 511 g/mol. The summed E-state index contributed by atoms with van der Waals surface area (Å²) >= 11 is 0. The molecule has 2 aliphatic rings. The zero-order valence-electron chi connectivity index (χ0n) is 21.9. The monoisotopic (exact) mass is 510 g/mol. The fourth-order valence-electron chi connectivity index (χ4n) is 5.87. The van der Waals surface area contributed by atoms with Crippen LogP contribution in [0.5, 0.6) is 5.75 Å². The number of piperidine rings is 1. The summed E-state index contributed by atoms with van der Waals surface area (Å²) in [5, 5.41) is 0.701. The van der Waals surface area contributed by atoms with Gasteiger partial charge in [-0.05, 0) is 73.2 Å². The summed E-state index contributed by atoms with van der Waals surface area (Å²) in [6.45, 7) is 4.06. The molecular weight excluding hydrogens is 476 g/mol. The van der Waals surface area contributed by atoms with Crippen molar-refractivity contribution < 1.29 is 9.47 Å². The molecule has 7 nitrogen and oxygen atoms in total. The molecule has 0 atom stereocenters. The van der Waals surface area contributed by atoms with Crippen molar-refractivity contribution in [3.63, 3.8) is 0 Å². The van der Waals surface area contributed by atoms with Crippen LogP contribution in [0.15, 0.2) is 77.9 Å². The van der Waals surface area contributed by atoms with E-state index in [-0.39, 0.29) is 18.4 Å². The molecule has 4 aromatic rings. The second kappa shape index (κ2) is 11.0. The van der Waals surface area contributed by atoms with Gasteiger partial charge in [0, 0.05) is 50.7 Å². The lowest BCUT2D eigenvalue weighted by atomic mass is 10.0. The maximum atomic E-state index is 13.1. The molecule has 2 aliphatic heterocycles. The zero-order chi connectivity index (χ0) is 25.9. The SMILES string of the molecule is COCOc1ccc2c(c1)CCc1ccccc1N2CCN1CCC(n2cnc3ccccc3c2=O)CC1. The first-order valence-corrected chi connectivity index (χ1v) is 13.5. The van der Waals surface area contributed by atoms with Crippen molar-refractivity contribution in [2.75, 3.05) is 45.0 Å². The van der Waals surface area contributed by atoms with Gasteiger partial charge in [0.15, 0.2) is 6.79 Å². The number of rotatable bonds is 7. The number of nitrogens with zero attached hydrogens (tertiary/aromatic N) is 4. The van der Waals surface area contributed by atoms with Crippen LogP contribution in [0.3, 0.4) is 0 Å². The Labute approximate surface area is 223 Å². The van der Waals surface area contributed by atoms with E-state index >= 15 is 0 Å². The van der Waals surface area contributed by atoms with Gasteiger partial charge in [0.1, 0.15) is 5.75 Å². The molecule has 0 bridgehead atoms. The van der Waals surface area contributed by atoms with E-state index in [1.165, 1.54) is 22.5 Å². The minimum Gasteiger partial charge on any atom is -0.468 e. The van der Waals surface area contributed by atoms with E-state index in [4.69, 9.17) is 9.47 Å². The molecule has 38 heavy (non-hydrogen) atoms. The Morgan fingerprint density at radius 2 is 1.66 bits per heavy atom. The van der Waals surface area contributed by atoms with Gasteiger partial charge in [0.05, 0.1) is 17.2 Å². The Bertz CT molecular complexity index is 1480. The highest BCUT2D eigenvalue weighted by atomic mass is 16.7. The molecule has 1 aromatic heterocycles. The van der Waals surface area contributed by atoms with E-state index in [0.717, 1.165) is 63.1 Å². The number of aryl methyl sites for hydroxylation is 2. The summed E-state index contributed by atoms with van der Waals surface area (Å²) in [5.41, 5.74) is 6.06. The van der Waals surface area contributed by atoms with Crippen molar-refractivity contribution in [2.45, 2.75) is 31.7 Å². The number of methoxy groups -OCH3 is 1. The lowest BCUT2D eigenvalue weighted by molar-refractivity contribution is 0.0511. The van der Waals surface area contributed by atoms with Crippen LogP contribution in [-0.2, 0) is 17.6 Å². The number of benzene rings is 3. The molecule has 196 valence electrons. The van der Waals surface area contributed by atoms with Crippen molar-refractivity contribution in [3.8, 4) is 5.75 Å². The maximum Gasteiger partial charge on any atom is 0.261 e. The third-order valence-corrected chi connectivity index (χ3v) is 7.91. The number of ether oxygens (including phenoxy) is 2. The molecule has 0 radical (unpaired) electrons. The fraction of sp³-hybridized carbons (Fsp3) is 0.355. The Balaban J connectivity index is 1.16. The van der Waals surface area contributed by atoms with Crippen LogP contribution in [0, 0.1) is 0 Å². The van der Waals surface area contributed by atoms with E-state index in [1.54, 1.807) is 13.4 Å². The van der Waals surface area contributed by atoms with E-state index < -0.39 is 0 Å². The molecule has 0 unspecified atom stereocenters. The van der Waals surface area contributed by atoms with Gasteiger partial charge in [-0.1, -0.05) is 30.3 Å². The Morgan fingerprint density at radius 3 is 2.53 bits per heavy atom. The van der Waals surface area contributed by atoms with Crippen LogP contribution in [-0.4, -0.2) is 54.5 Å². The molecular formula is C31H34N4O3. The van der Waals surface area contributed by atoms with Crippen molar-refractivity contribution in [1.29, 1.82) is 0 Å². The van der Waals surface area contributed by atoms with Crippen LogP contribution >= 0.6 is 0 Å². The summed E-state index contributed by atoms with van der Waals surface area (Å²) in [6.07, 6.45) is 5.63. The lowest BCUT2D eigenvalue weighted by Gasteiger charge is -2.35. The molecule has 1 saturated heterocycles. The molecule has 0 N–H and O–H groups in total. The summed E-state index contributed by atoms with van der Waals surface area (Å²) in [5.74, 6) is 0.844. The van der Waals surface area contributed by atoms with Crippen molar-refractivity contribution in [1.82, 2.24) is 14.5 Å². The number of likely N-dealkylation sites (tertiary alicyclic amines) is 1. The predicted molar refractivity (Wildman–Crippen MR) is 151 cm³/mol. The van der Waals surface area contributed by atoms with Crippen molar-refractivity contribution in [3.05, 3.63) is 94.5 Å². The van der Waals surface area contributed by atoms with E-state index in [1.807, 2.05) is 34.9 Å². The standard InChI is InChI=1S/C31H34N4O3/c1-37-22-38-26-12-13-30-24(20-26)11-10-23-6-2-5-9-29(23)34(30)19-18-33-16-14-25(15-17-33)35-21-32-28-8-4-3-7-27(28)31(35)36/h2-9,12-13,20-21,25H,10-11,14-19,22H2,1H3. The molecule has 0 spiro atoms. The molecule has 3 heterocycles. The Kier molecular flexibility index (Phi) is 7.12. The van der Waals surface area contributed by atoms with Crippen LogP contribution in [0.1, 0.15) is 30.0 Å². The summed E-state index contributed by atoms with van der Waals surface area (Å²) in [7, 11) is 1.64. The van der Waals surface area contributed by atoms with Gasteiger partial charge in [-0.3, -0.25) is 9.36 Å². The molecule has 0 amide bonds. The molecule has 0 saturated carbocycles. The van der Waals surface area contributed by atoms with E-state index in [9.17, 15) is 4.79 Å². The quantitative estimate of drug-likeness (QED) is 0.328. The molecule has 6 rings (SSSR count). The number of fused-ring (bicyclic) bond motifs is 3. The molecule has 0 aliphatic carbocycles. The zero-order valence-corrected chi connectivity index (χ0v) is 21.9. The highest BCUT2D eigenvalue weighted by Crippen LogP contribution is 2.37. The van der Waals surface area contributed by atoms with E-state index in [0.29, 0.717) is 5.39 Å². The van der Waals surface area contributed by atoms with Crippen LogP contribution < -0.4 is 15.2 Å². The second-order valence-corrected chi connectivity index (χ2v) is 10.2. The number of aromatic nitrogens is 2. The average Bonchev–Trinajstić information content (AvgIpc) is 3.12. The van der Waals surface area contributed by atoms with Crippen molar-refractivity contribution >= 4 is 22.3 Å². The first kappa shape index (κ1) is 24.6. The van der Waals surface area contributed by atoms with Crippen LogP contribution in [0.4, 0.5) is 11.4 Å². The van der Waals surface area contributed by atoms with Gasteiger partial charge in [0.25, 0.3) is 5.56 Å². The van der Waals surface area contributed by atoms with Gasteiger partial charge >= 0.3 is 0 Å². The topological polar surface area (TPSA) is 59.8 Å². The highest BCUT2D eigenvalue weighted by molar-refractivity contribution is 5.77. The Hall–Kier alpha value is -3.68. The summed E-state index contributed by atoms with van der Waals surface area (Å²) in [4.78, 5) is 22.6. The number of hydrogen-bond acceptors (Lipinski definition) is 6. The van der Waals surface area contributed by atoms with Crippen molar-refractivity contribution in [2.24, 2.45) is 0 Å². The smallest absolute Gasteiger partial charge is 0.261 e. The highest BCUT2D eigenvalue weighted by Gasteiger charge is 2.25. The Morgan fingerprint density at radius 1 is 0.895 bits per heavy atom. The van der Waals surface area contributed by atoms with Gasteiger partial charge in [0.2, 0.25) is 0 Å². The minimum atomic E-state index is 0.0701. The predicted octanol–water partition coefficient (Wildman–Crippen LogP) is 4.95. The third-order valence-electron chi connectivity index (χ3n) is 7.91. The van der Waals surface area contributed by atoms with Gasteiger partial charge in [-0.15, -0.1) is 0 Å². The van der Waals surface area contributed by atoms with Gasteiger partial charge < -0.3 is 19.3 Å². The maximum absolute atomic E-state index is 13.1. The third kappa shape index (κ3) is 4.91.